The van der Waals surface area contributed by atoms with Crippen LogP contribution in [0.15, 0.2) is 0 Å². The Labute approximate surface area is 117 Å². The number of hydrogen-bond acceptors (Lipinski definition) is 3. The zero-order chi connectivity index (χ0) is 14.7. The molecule has 0 aromatic heterocycles. The van der Waals surface area contributed by atoms with Crippen molar-refractivity contribution in [1.82, 2.24) is 9.80 Å². The first-order valence-corrected chi connectivity index (χ1v) is 7.08. The van der Waals surface area contributed by atoms with Crippen molar-refractivity contribution in [2.75, 3.05) is 19.6 Å². The fourth-order valence-electron chi connectivity index (χ4n) is 2.94. The van der Waals surface area contributed by atoms with Gasteiger partial charge < -0.3 is 20.6 Å². The minimum Gasteiger partial charge on any atom is -0.480 e. The number of carbonyl (C=O) groups is 3. The van der Waals surface area contributed by atoms with Crippen molar-refractivity contribution in [3.8, 4) is 0 Å². The lowest BCUT2D eigenvalue weighted by atomic mass is 10.1. The zero-order valence-electron chi connectivity index (χ0n) is 11.5. The van der Waals surface area contributed by atoms with Crippen LogP contribution in [0.1, 0.15) is 32.1 Å². The van der Waals surface area contributed by atoms with Gasteiger partial charge in [0.25, 0.3) is 0 Å². The number of hydrogen-bond donors (Lipinski definition) is 2. The molecule has 7 heteroatoms. The molecule has 2 aliphatic rings. The quantitative estimate of drug-likeness (QED) is 0.757. The molecule has 3 amide bonds. The van der Waals surface area contributed by atoms with E-state index in [1.165, 1.54) is 4.90 Å². The molecule has 0 saturated carbocycles. The zero-order valence-corrected chi connectivity index (χ0v) is 11.5. The molecule has 2 rings (SSSR count). The second-order valence-electron chi connectivity index (χ2n) is 5.51. The van der Waals surface area contributed by atoms with Gasteiger partial charge >= 0.3 is 12.0 Å². The summed E-state index contributed by atoms with van der Waals surface area (Å²) in [4.78, 5) is 37.9. The largest absolute Gasteiger partial charge is 0.480 e. The number of primary amides is 1. The number of nitrogens with zero attached hydrogens (tertiary/aromatic N) is 2. The Morgan fingerprint density at radius 2 is 1.80 bits per heavy atom. The lowest BCUT2D eigenvalue weighted by molar-refractivity contribution is -0.142. The predicted octanol–water partition coefficient (Wildman–Crippen LogP) is 0.243. The molecule has 0 aliphatic carbocycles. The van der Waals surface area contributed by atoms with E-state index >= 15 is 0 Å². The number of urea groups is 1. The van der Waals surface area contributed by atoms with Crippen LogP contribution in [0.25, 0.3) is 0 Å². The fourth-order valence-corrected chi connectivity index (χ4v) is 2.94. The van der Waals surface area contributed by atoms with Gasteiger partial charge in [0.15, 0.2) is 0 Å². The summed E-state index contributed by atoms with van der Waals surface area (Å²) in [6, 6.07) is -1.03. The van der Waals surface area contributed by atoms with Gasteiger partial charge in [-0.25, -0.2) is 9.59 Å². The van der Waals surface area contributed by atoms with Crippen LogP contribution in [0.3, 0.4) is 0 Å². The molecule has 2 fully saturated rings. The van der Waals surface area contributed by atoms with Crippen molar-refractivity contribution in [2.24, 2.45) is 11.7 Å². The number of nitrogens with two attached hydrogens (primary N) is 1. The highest BCUT2D eigenvalue weighted by molar-refractivity contribution is 5.84. The summed E-state index contributed by atoms with van der Waals surface area (Å²) in [7, 11) is 0. The van der Waals surface area contributed by atoms with Crippen LogP contribution < -0.4 is 5.73 Å². The van der Waals surface area contributed by atoms with Gasteiger partial charge in [0, 0.05) is 19.6 Å². The van der Waals surface area contributed by atoms with Crippen LogP contribution >= 0.6 is 0 Å². The van der Waals surface area contributed by atoms with E-state index < -0.39 is 17.9 Å². The average molecular weight is 283 g/mol. The molecule has 20 heavy (non-hydrogen) atoms. The predicted molar refractivity (Wildman–Crippen MR) is 70.9 cm³/mol. The van der Waals surface area contributed by atoms with E-state index in [2.05, 4.69) is 0 Å². The number of amides is 3. The molecular weight excluding hydrogens is 262 g/mol. The van der Waals surface area contributed by atoms with Crippen LogP contribution in [0.4, 0.5) is 4.79 Å². The van der Waals surface area contributed by atoms with Crippen molar-refractivity contribution in [3.05, 3.63) is 0 Å². The number of carboxylic acids is 1. The van der Waals surface area contributed by atoms with Crippen LogP contribution in [0.5, 0.6) is 0 Å². The maximum atomic E-state index is 12.5. The van der Waals surface area contributed by atoms with E-state index in [9.17, 15) is 19.5 Å². The maximum absolute atomic E-state index is 12.5. The Kier molecular flexibility index (Phi) is 4.46. The normalized spacial score (nSPS) is 27.2. The Morgan fingerprint density at radius 1 is 1.05 bits per heavy atom. The van der Waals surface area contributed by atoms with Crippen molar-refractivity contribution >= 4 is 17.9 Å². The summed E-state index contributed by atoms with van der Waals surface area (Å²) < 4.78 is 0. The van der Waals surface area contributed by atoms with Crippen molar-refractivity contribution in [1.29, 1.82) is 0 Å². The summed E-state index contributed by atoms with van der Waals surface area (Å²) in [5.74, 6) is -1.66. The second-order valence-corrected chi connectivity index (χ2v) is 5.51. The Morgan fingerprint density at radius 3 is 2.40 bits per heavy atom. The molecule has 2 aliphatic heterocycles. The van der Waals surface area contributed by atoms with Gasteiger partial charge in [0.1, 0.15) is 6.04 Å². The lowest BCUT2D eigenvalue weighted by Crippen LogP contribution is -2.50. The molecule has 0 radical (unpaired) electrons. The molecule has 0 aromatic rings. The van der Waals surface area contributed by atoms with Gasteiger partial charge in [0.2, 0.25) is 5.91 Å². The topological polar surface area (TPSA) is 104 Å². The highest BCUT2D eigenvalue weighted by atomic mass is 16.4. The Bertz CT molecular complexity index is 412. The average Bonchev–Trinajstić information content (AvgIpc) is 2.76. The van der Waals surface area contributed by atoms with Crippen molar-refractivity contribution in [2.45, 2.75) is 38.1 Å². The first-order chi connectivity index (χ1) is 9.50. The van der Waals surface area contributed by atoms with E-state index in [1.54, 1.807) is 4.90 Å². The van der Waals surface area contributed by atoms with E-state index in [1.807, 2.05) is 0 Å². The second kappa shape index (κ2) is 6.11. The highest BCUT2D eigenvalue weighted by Gasteiger charge is 2.37. The molecule has 2 unspecified atom stereocenters. The molecule has 2 saturated heterocycles. The molecule has 0 aromatic carbocycles. The van der Waals surface area contributed by atoms with Crippen LogP contribution in [-0.4, -0.2) is 58.5 Å². The molecule has 2 atom stereocenters. The SMILES string of the molecule is NC(=O)C1CCN(C(=O)N2CCCCCC2C(=O)O)C1. The summed E-state index contributed by atoms with van der Waals surface area (Å²) >= 11 is 0. The Hall–Kier alpha value is -1.79. The minimum absolute atomic E-state index is 0.275. The molecule has 112 valence electrons. The Balaban J connectivity index is 2.06. The van der Waals surface area contributed by atoms with Gasteiger partial charge in [-0.2, -0.15) is 0 Å². The number of aliphatic carboxylic acids is 1. The molecule has 0 spiro atoms. The van der Waals surface area contributed by atoms with Gasteiger partial charge in [-0.3, -0.25) is 4.79 Å². The summed E-state index contributed by atoms with van der Waals surface area (Å²) in [6.45, 7) is 1.24. The smallest absolute Gasteiger partial charge is 0.326 e. The third kappa shape index (κ3) is 3.02. The third-order valence-electron chi connectivity index (χ3n) is 4.14. The van der Waals surface area contributed by atoms with E-state index in [-0.39, 0.29) is 11.9 Å². The minimum atomic E-state index is -0.953. The fraction of sp³-hybridized carbons (Fsp3) is 0.769. The van der Waals surface area contributed by atoms with Gasteiger partial charge in [0.05, 0.1) is 5.92 Å². The van der Waals surface area contributed by atoms with Crippen molar-refractivity contribution in [3.63, 3.8) is 0 Å². The third-order valence-corrected chi connectivity index (χ3v) is 4.14. The first kappa shape index (κ1) is 14.6. The summed E-state index contributed by atoms with van der Waals surface area (Å²) in [5.41, 5.74) is 5.25. The molecule has 3 N–H and O–H groups in total. The van der Waals surface area contributed by atoms with Crippen molar-refractivity contribution < 1.29 is 19.5 Å². The van der Waals surface area contributed by atoms with Crippen LogP contribution in [-0.2, 0) is 9.59 Å². The lowest BCUT2D eigenvalue weighted by Gasteiger charge is -2.31. The van der Waals surface area contributed by atoms with E-state index in [0.717, 1.165) is 19.3 Å². The molecular formula is C13H21N3O4. The molecule has 2 heterocycles. The molecule has 7 nitrogen and oxygen atoms in total. The molecule has 0 bridgehead atoms. The first-order valence-electron chi connectivity index (χ1n) is 7.08. The van der Waals surface area contributed by atoms with Crippen LogP contribution in [0.2, 0.25) is 0 Å². The standard InChI is InChI=1S/C13H21N3O4/c14-11(17)9-5-7-15(8-9)13(20)16-6-3-1-2-4-10(16)12(18)19/h9-10H,1-8H2,(H2,14,17)(H,18,19). The number of rotatable bonds is 2. The van der Waals surface area contributed by atoms with Gasteiger partial charge in [-0.1, -0.05) is 12.8 Å². The van der Waals surface area contributed by atoms with Gasteiger partial charge in [-0.15, -0.1) is 0 Å². The highest BCUT2D eigenvalue weighted by Crippen LogP contribution is 2.22. The maximum Gasteiger partial charge on any atom is 0.326 e. The monoisotopic (exact) mass is 283 g/mol. The number of carbonyl (C=O) groups excluding carboxylic acids is 2. The number of likely N-dealkylation sites (tertiary alicyclic amines) is 2. The van der Waals surface area contributed by atoms with E-state index in [4.69, 9.17) is 5.73 Å². The summed E-state index contributed by atoms with van der Waals surface area (Å²) in [5, 5.41) is 9.28. The summed E-state index contributed by atoms with van der Waals surface area (Å²) in [6.07, 6.45) is 3.64. The van der Waals surface area contributed by atoms with E-state index in [0.29, 0.717) is 32.5 Å². The number of carboxylic acid groups (broad SMARTS) is 1. The van der Waals surface area contributed by atoms with Gasteiger partial charge in [-0.05, 0) is 19.3 Å². The van der Waals surface area contributed by atoms with Crippen LogP contribution in [0, 0.1) is 5.92 Å².